The number of ether oxygens (including phenoxy) is 2. The fourth-order valence-electron chi connectivity index (χ4n) is 2.56. The van der Waals surface area contributed by atoms with Gasteiger partial charge in [0.1, 0.15) is 0 Å². The number of hydrogen-bond acceptors (Lipinski definition) is 9. The van der Waals surface area contributed by atoms with Crippen LogP contribution in [0.25, 0.3) is 22.8 Å². The van der Waals surface area contributed by atoms with Gasteiger partial charge in [-0.15, -0.1) is 10.2 Å². The minimum absolute atomic E-state index is 0.224. The smallest absolute Gasteiger partial charge is 0.277 e. The second-order valence-electron chi connectivity index (χ2n) is 5.61. The molecule has 27 heavy (non-hydrogen) atoms. The molecule has 0 radical (unpaired) electrons. The topological polar surface area (TPSA) is 96.3 Å². The fraction of sp³-hybridized carbons (Fsp3) is 0.111. The van der Waals surface area contributed by atoms with E-state index < -0.39 is 0 Å². The highest BCUT2D eigenvalue weighted by Gasteiger charge is 2.17. The van der Waals surface area contributed by atoms with E-state index in [-0.39, 0.29) is 6.79 Å². The lowest BCUT2D eigenvalue weighted by molar-refractivity contribution is 0.174. The maximum atomic E-state index is 5.65. The average Bonchev–Trinajstić information content (AvgIpc) is 3.46. The summed E-state index contributed by atoms with van der Waals surface area (Å²) in [6.45, 7) is 0.224. The highest BCUT2D eigenvalue weighted by Crippen LogP contribution is 2.35. The van der Waals surface area contributed by atoms with Gasteiger partial charge in [0.25, 0.3) is 5.22 Å². The summed E-state index contributed by atoms with van der Waals surface area (Å²) >= 11 is 1.34. The Bertz CT molecular complexity index is 1080. The molecule has 0 fully saturated rings. The van der Waals surface area contributed by atoms with Crippen LogP contribution in [0.5, 0.6) is 11.5 Å². The molecule has 0 saturated carbocycles. The van der Waals surface area contributed by atoms with Gasteiger partial charge in [-0.3, -0.25) is 0 Å². The minimum atomic E-state index is 0.224. The molecule has 9 heteroatoms. The van der Waals surface area contributed by atoms with Crippen molar-refractivity contribution < 1.29 is 18.4 Å². The summed E-state index contributed by atoms with van der Waals surface area (Å²) in [6.07, 6.45) is 0. The van der Waals surface area contributed by atoms with Crippen molar-refractivity contribution in [3.63, 3.8) is 0 Å². The Balaban J connectivity index is 1.27. The molecule has 0 unspecified atom stereocenters. The first-order chi connectivity index (χ1) is 13.3. The number of hydrogen-bond donors (Lipinski definition) is 0. The molecule has 0 bridgehead atoms. The molecular weight excluding hydrogens is 368 g/mol. The van der Waals surface area contributed by atoms with E-state index in [9.17, 15) is 0 Å². The summed E-state index contributed by atoms with van der Waals surface area (Å²) < 4.78 is 21.6. The minimum Gasteiger partial charge on any atom is -0.454 e. The van der Waals surface area contributed by atoms with Crippen molar-refractivity contribution in [1.82, 2.24) is 20.3 Å². The molecule has 0 atom stereocenters. The molecule has 8 nitrogen and oxygen atoms in total. The highest BCUT2D eigenvalue weighted by atomic mass is 32.2. The van der Waals surface area contributed by atoms with Gasteiger partial charge in [-0.2, -0.15) is 4.98 Å². The number of fused-ring (bicyclic) bond motifs is 1. The van der Waals surface area contributed by atoms with E-state index >= 15 is 0 Å². The van der Waals surface area contributed by atoms with Crippen molar-refractivity contribution in [2.75, 3.05) is 6.79 Å². The maximum absolute atomic E-state index is 5.65. The van der Waals surface area contributed by atoms with Gasteiger partial charge in [0, 0.05) is 11.1 Å². The summed E-state index contributed by atoms with van der Waals surface area (Å²) in [7, 11) is 0. The zero-order chi connectivity index (χ0) is 18.1. The molecule has 134 valence electrons. The van der Waals surface area contributed by atoms with Crippen LogP contribution in [0, 0.1) is 0 Å². The van der Waals surface area contributed by atoms with Crippen LogP contribution in [0.3, 0.4) is 0 Å². The van der Waals surface area contributed by atoms with E-state index in [4.69, 9.17) is 18.4 Å². The largest absolute Gasteiger partial charge is 0.454 e. The lowest BCUT2D eigenvalue weighted by Crippen LogP contribution is -1.92. The molecule has 1 aliphatic rings. The van der Waals surface area contributed by atoms with Crippen LogP contribution in [0.4, 0.5) is 0 Å². The van der Waals surface area contributed by atoms with E-state index in [1.54, 1.807) is 0 Å². The standard InChI is InChI=1S/C18H12N4O4S/c1-2-4-11(5-3-1)17-20-21-18(25-17)27-9-15-19-16(22-26-15)12-6-7-13-14(8-12)24-10-23-13/h1-8H,9-10H2. The fourth-order valence-corrected chi connectivity index (χ4v) is 3.16. The zero-order valence-corrected chi connectivity index (χ0v) is 14.7. The van der Waals surface area contributed by atoms with Gasteiger partial charge in [-0.1, -0.05) is 35.1 Å². The molecule has 0 aliphatic carbocycles. The highest BCUT2D eigenvalue weighted by molar-refractivity contribution is 7.98. The molecular formula is C18H12N4O4S. The Hall–Kier alpha value is -3.33. The lowest BCUT2D eigenvalue weighted by Gasteiger charge is -1.97. The van der Waals surface area contributed by atoms with Crippen molar-refractivity contribution in [2.45, 2.75) is 11.0 Å². The Morgan fingerprint density at radius 3 is 2.74 bits per heavy atom. The van der Waals surface area contributed by atoms with E-state index in [0.717, 1.165) is 11.1 Å². The number of thioether (sulfide) groups is 1. The first-order valence-corrected chi connectivity index (χ1v) is 9.08. The van der Waals surface area contributed by atoms with Gasteiger partial charge < -0.3 is 18.4 Å². The normalized spacial score (nSPS) is 12.4. The SMILES string of the molecule is c1ccc(-c2nnc(SCc3nc(-c4ccc5c(c4)OCO5)no3)o2)cc1. The molecule has 0 N–H and O–H groups in total. The maximum Gasteiger partial charge on any atom is 0.277 e. The lowest BCUT2D eigenvalue weighted by atomic mass is 10.2. The Morgan fingerprint density at radius 2 is 1.81 bits per heavy atom. The molecule has 2 aromatic heterocycles. The van der Waals surface area contributed by atoms with Crippen molar-refractivity contribution in [1.29, 1.82) is 0 Å². The van der Waals surface area contributed by atoms with Crippen LogP contribution in [0.15, 0.2) is 62.7 Å². The monoisotopic (exact) mass is 380 g/mol. The molecule has 5 rings (SSSR count). The third-order valence-corrected chi connectivity index (χ3v) is 4.65. The molecule has 0 saturated heterocycles. The first kappa shape index (κ1) is 15.9. The van der Waals surface area contributed by atoms with Crippen LogP contribution in [0.1, 0.15) is 5.89 Å². The summed E-state index contributed by atoms with van der Waals surface area (Å²) in [5.41, 5.74) is 1.67. The van der Waals surface area contributed by atoms with Crippen LogP contribution < -0.4 is 9.47 Å². The van der Waals surface area contributed by atoms with Gasteiger partial charge in [0.15, 0.2) is 11.5 Å². The van der Waals surface area contributed by atoms with Crippen LogP contribution in [-0.2, 0) is 5.75 Å². The summed E-state index contributed by atoms with van der Waals surface area (Å²) in [5, 5.41) is 12.5. The van der Waals surface area contributed by atoms with Crippen LogP contribution in [-0.4, -0.2) is 27.1 Å². The third kappa shape index (κ3) is 3.24. The summed E-state index contributed by atoms with van der Waals surface area (Å²) in [5.74, 6) is 3.24. The number of nitrogens with zero attached hydrogens (tertiary/aromatic N) is 4. The van der Waals surface area contributed by atoms with Crippen molar-refractivity contribution in [3.8, 4) is 34.3 Å². The molecule has 1 aliphatic heterocycles. The first-order valence-electron chi connectivity index (χ1n) is 8.09. The molecule has 2 aromatic carbocycles. The number of benzene rings is 2. The van der Waals surface area contributed by atoms with Gasteiger partial charge >= 0.3 is 0 Å². The Kier molecular flexibility index (Phi) is 3.98. The third-order valence-electron chi connectivity index (χ3n) is 3.85. The van der Waals surface area contributed by atoms with E-state index in [1.807, 2.05) is 48.5 Å². The molecule has 0 amide bonds. The molecule has 0 spiro atoms. The van der Waals surface area contributed by atoms with E-state index in [1.165, 1.54) is 11.8 Å². The van der Waals surface area contributed by atoms with Gasteiger partial charge in [0.05, 0.1) is 5.75 Å². The van der Waals surface area contributed by atoms with E-state index in [2.05, 4.69) is 20.3 Å². The quantitative estimate of drug-likeness (QED) is 0.479. The van der Waals surface area contributed by atoms with Crippen LogP contribution in [0.2, 0.25) is 0 Å². The summed E-state index contributed by atoms with van der Waals surface area (Å²) in [4.78, 5) is 4.40. The van der Waals surface area contributed by atoms with Crippen molar-refractivity contribution in [2.24, 2.45) is 0 Å². The second-order valence-corrected chi connectivity index (χ2v) is 6.53. The molecule has 4 aromatic rings. The average molecular weight is 380 g/mol. The van der Waals surface area contributed by atoms with Crippen molar-refractivity contribution >= 4 is 11.8 Å². The van der Waals surface area contributed by atoms with Gasteiger partial charge in [0.2, 0.25) is 24.4 Å². The predicted octanol–water partition coefficient (Wildman–Crippen LogP) is 3.81. The van der Waals surface area contributed by atoms with Crippen molar-refractivity contribution in [3.05, 3.63) is 54.4 Å². The predicted molar refractivity (Wildman–Crippen MR) is 95.2 cm³/mol. The van der Waals surface area contributed by atoms with Crippen LogP contribution >= 0.6 is 11.8 Å². The second kappa shape index (κ2) is 6.76. The molecule has 3 heterocycles. The Morgan fingerprint density at radius 1 is 0.926 bits per heavy atom. The van der Waals surface area contributed by atoms with Gasteiger partial charge in [-0.05, 0) is 30.3 Å². The number of aromatic nitrogens is 4. The number of rotatable bonds is 5. The van der Waals surface area contributed by atoms with E-state index in [0.29, 0.717) is 40.1 Å². The zero-order valence-electron chi connectivity index (χ0n) is 13.9. The summed E-state index contributed by atoms with van der Waals surface area (Å²) in [6, 6.07) is 15.1. The Labute approximate surface area is 157 Å². The van der Waals surface area contributed by atoms with Gasteiger partial charge in [-0.25, -0.2) is 0 Å².